The molecule has 1 aliphatic heterocycles. The first-order valence-corrected chi connectivity index (χ1v) is 11.8. The van der Waals surface area contributed by atoms with Crippen molar-refractivity contribution in [3.63, 3.8) is 0 Å². The summed E-state index contributed by atoms with van der Waals surface area (Å²) in [6, 6.07) is 13.0. The van der Waals surface area contributed by atoms with Gasteiger partial charge in [-0.05, 0) is 43.5 Å². The first-order chi connectivity index (χ1) is 16.2. The second-order valence-electron chi connectivity index (χ2n) is 7.75. The minimum atomic E-state index is -0.255. The Morgan fingerprint density at radius 2 is 2.00 bits per heavy atom. The third kappa shape index (κ3) is 4.45. The van der Waals surface area contributed by atoms with Crippen molar-refractivity contribution in [2.24, 2.45) is 0 Å². The number of rotatable bonds is 7. The fourth-order valence-electron chi connectivity index (χ4n) is 3.97. The molecule has 9 nitrogen and oxygen atoms in total. The van der Waals surface area contributed by atoms with Crippen molar-refractivity contribution in [2.45, 2.75) is 31.0 Å². The summed E-state index contributed by atoms with van der Waals surface area (Å²) in [5.41, 5.74) is 0.950. The van der Waals surface area contributed by atoms with Gasteiger partial charge in [-0.15, -0.1) is 10.2 Å². The number of furan rings is 2. The smallest absolute Gasteiger partial charge is 0.234 e. The Morgan fingerprint density at radius 3 is 2.79 bits per heavy atom. The first kappa shape index (κ1) is 21.2. The van der Waals surface area contributed by atoms with Crippen molar-refractivity contribution in [1.82, 2.24) is 14.8 Å². The number of aromatic nitrogens is 3. The largest absolute Gasteiger partial charge is 0.467 e. The number of carbonyl (C=O) groups is 1. The average molecular weight is 463 g/mol. The molecular weight excluding hydrogens is 440 g/mol. The number of amides is 1. The topological polar surface area (TPSA) is 113 Å². The van der Waals surface area contributed by atoms with Crippen LogP contribution in [-0.4, -0.2) is 39.5 Å². The molecule has 1 saturated heterocycles. The molecule has 10 heteroatoms. The molecule has 1 amide bonds. The molecule has 0 bridgehead atoms. The minimum Gasteiger partial charge on any atom is -0.467 e. The highest BCUT2D eigenvalue weighted by atomic mass is 32.2. The highest BCUT2D eigenvalue weighted by Crippen LogP contribution is 2.31. The van der Waals surface area contributed by atoms with Crippen LogP contribution >= 0.6 is 11.8 Å². The molecular formula is C23H22N6O3S. The van der Waals surface area contributed by atoms with Crippen molar-refractivity contribution >= 4 is 40.3 Å². The third-order valence-electron chi connectivity index (χ3n) is 5.52. The van der Waals surface area contributed by atoms with Crippen LogP contribution in [0.4, 0.5) is 11.6 Å². The highest BCUT2D eigenvalue weighted by molar-refractivity contribution is 7.99. The number of para-hydroxylation sites is 1. The van der Waals surface area contributed by atoms with Gasteiger partial charge >= 0.3 is 0 Å². The van der Waals surface area contributed by atoms with Gasteiger partial charge in [0.05, 0.1) is 18.6 Å². The number of fused-ring (bicyclic) bond motifs is 1. The van der Waals surface area contributed by atoms with E-state index in [1.807, 2.05) is 41.0 Å². The average Bonchev–Trinajstić information content (AvgIpc) is 3.58. The maximum absolute atomic E-state index is 12.8. The number of nitriles is 1. The van der Waals surface area contributed by atoms with Gasteiger partial charge in [-0.3, -0.25) is 9.36 Å². The van der Waals surface area contributed by atoms with Crippen LogP contribution in [0.25, 0.3) is 11.0 Å². The van der Waals surface area contributed by atoms with Crippen molar-refractivity contribution in [3.05, 3.63) is 54.2 Å². The molecule has 33 heavy (non-hydrogen) atoms. The number of benzene rings is 1. The van der Waals surface area contributed by atoms with Crippen molar-refractivity contribution in [3.8, 4) is 6.07 Å². The van der Waals surface area contributed by atoms with Gasteiger partial charge in [0.2, 0.25) is 17.6 Å². The molecule has 4 aromatic rings. The molecule has 1 aromatic carbocycles. The van der Waals surface area contributed by atoms with Crippen LogP contribution in [0.2, 0.25) is 0 Å². The normalized spacial score (nSPS) is 13.8. The zero-order chi connectivity index (χ0) is 22.6. The lowest BCUT2D eigenvalue weighted by atomic mass is 10.1. The van der Waals surface area contributed by atoms with E-state index in [1.54, 1.807) is 12.3 Å². The van der Waals surface area contributed by atoms with Crippen LogP contribution in [-0.2, 0) is 11.3 Å². The second-order valence-corrected chi connectivity index (χ2v) is 8.69. The summed E-state index contributed by atoms with van der Waals surface area (Å²) in [6.07, 6.45) is 5.11. The van der Waals surface area contributed by atoms with Crippen molar-refractivity contribution in [2.75, 3.05) is 29.1 Å². The lowest BCUT2D eigenvalue weighted by Crippen LogP contribution is -2.32. The molecule has 0 unspecified atom stereocenters. The predicted molar refractivity (Wildman–Crippen MR) is 124 cm³/mol. The molecule has 0 spiro atoms. The Balaban J connectivity index is 1.33. The molecule has 3 aromatic heterocycles. The van der Waals surface area contributed by atoms with E-state index in [4.69, 9.17) is 8.83 Å². The molecule has 0 radical (unpaired) electrons. The molecule has 0 saturated carbocycles. The lowest BCUT2D eigenvalue weighted by Gasteiger charge is -2.27. The Hall–Kier alpha value is -3.71. The van der Waals surface area contributed by atoms with Crippen LogP contribution < -0.4 is 10.2 Å². The van der Waals surface area contributed by atoms with E-state index in [0.717, 1.165) is 37.6 Å². The lowest BCUT2D eigenvalue weighted by molar-refractivity contribution is -0.113. The van der Waals surface area contributed by atoms with E-state index in [1.165, 1.54) is 18.2 Å². The highest BCUT2D eigenvalue weighted by Gasteiger charge is 2.22. The molecule has 5 rings (SSSR count). The molecule has 4 heterocycles. The fourth-order valence-corrected chi connectivity index (χ4v) is 4.70. The number of anilines is 2. The molecule has 1 N–H and O–H groups in total. The van der Waals surface area contributed by atoms with Gasteiger partial charge in [0.1, 0.15) is 23.1 Å². The summed E-state index contributed by atoms with van der Waals surface area (Å²) in [5.74, 6) is 1.53. The second kappa shape index (κ2) is 9.42. The zero-order valence-electron chi connectivity index (χ0n) is 17.9. The quantitative estimate of drug-likeness (QED) is 0.405. The zero-order valence-corrected chi connectivity index (χ0v) is 18.7. The van der Waals surface area contributed by atoms with Gasteiger partial charge in [0.15, 0.2) is 5.16 Å². The fraction of sp³-hybridized carbons (Fsp3) is 0.304. The van der Waals surface area contributed by atoms with Gasteiger partial charge in [0.25, 0.3) is 0 Å². The van der Waals surface area contributed by atoms with Crippen LogP contribution in [0, 0.1) is 11.3 Å². The summed E-state index contributed by atoms with van der Waals surface area (Å²) in [7, 11) is 0. The molecule has 1 aliphatic rings. The summed E-state index contributed by atoms with van der Waals surface area (Å²) >= 11 is 1.30. The molecule has 0 atom stereocenters. The van der Waals surface area contributed by atoms with Gasteiger partial charge < -0.3 is 19.1 Å². The maximum Gasteiger partial charge on any atom is 0.234 e. The Kier molecular flexibility index (Phi) is 6.04. The number of carbonyl (C=O) groups excluding carboxylic acids is 1. The number of thioether (sulfide) groups is 1. The molecule has 1 fully saturated rings. The summed E-state index contributed by atoms with van der Waals surface area (Å²) in [5, 5.41) is 22.3. The minimum absolute atomic E-state index is 0.0860. The number of hydrogen-bond acceptors (Lipinski definition) is 8. The van der Waals surface area contributed by atoms with E-state index in [2.05, 4.69) is 20.4 Å². The monoisotopic (exact) mass is 462 g/mol. The Labute approximate surface area is 194 Å². The first-order valence-electron chi connectivity index (χ1n) is 10.8. The third-order valence-corrected chi connectivity index (χ3v) is 6.49. The van der Waals surface area contributed by atoms with E-state index >= 15 is 0 Å². The Bertz CT molecular complexity index is 1300. The standard InChI is InChI=1S/C23H22N6O3S/c24-13-19-21(17-8-2-3-9-18(17)32-19)25-20(30)15-33-23-27-26-22(28-10-4-1-5-11-28)29(23)14-16-7-6-12-31-16/h2-3,6-9,12H,1,4-5,10-11,14-15H2,(H,25,30). The van der Waals surface area contributed by atoms with Crippen LogP contribution in [0.1, 0.15) is 30.8 Å². The number of hydrogen-bond donors (Lipinski definition) is 1. The number of piperidine rings is 1. The van der Waals surface area contributed by atoms with Crippen molar-refractivity contribution < 1.29 is 13.6 Å². The Morgan fingerprint density at radius 1 is 1.15 bits per heavy atom. The molecule has 168 valence electrons. The van der Waals surface area contributed by atoms with E-state index < -0.39 is 0 Å². The summed E-state index contributed by atoms with van der Waals surface area (Å²) < 4.78 is 13.1. The maximum atomic E-state index is 12.8. The SMILES string of the molecule is N#Cc1oc2ccccc2c1NC(=O)CSc1nnc(N2CCCCC2)n1Cc1ccco1. The van der Waals surface area contributed by atoms with E-state index in [9.17, 15) is 10.1 Å². The summed E-state index contributed by atoms with van der Waals surface area (Å²) in [4.78, 5) is 15.0. The van der Waals surface area contributed by atoms with Gasteiger partial charge in [-0.2, -0.15) is 5.26 Å². The van der Waals surface area contributed by atoms with E-state index in [0.29, 0.717) is 28.4 Å². The van der Waals surface area contributed by atoms with E-state index in [-0.39, 0.29) is 17.4 Å². The van der Waals surface area contributed by atoms with Crippen molar-refractivity contribution in [1.29, 1.82) is 5.26 Å². The van der Waals surface area contributed by atoms with Crippen LogP contribution in [0.5, 0.6) is 0 Å². The number of nitrogens with one attached hydrogen (secondary N) is 1. The van der Waals surface area contributed by atoms with Gasteiger partial charge in [0, 0.05) is 18.5 Å². The van der Waals surface area contributed by atoms with Gasteiger partial charge in [-0.25, -0.2) is 0 Å². The predicted octanol–water partition coefficient (Wildman–Crippen LogP) is 4.26. The molecule has 0 aliphatic carbocycles. The van der Waals surface area contributed by atoms with Crippen LogP contribution in [0.3, 0.4) is 0 Å². The van der Waals surface area contributed by atoms with Gasteiger partial charge in [-0.1, -0.05) is 23.9 Å². The van der Waals surface area contributed by atoms with Crippen LogP contribution in [0.15, 0.2) is 56.7 Å². The number of nitrogens with zero attached hydrogens (tertiary/aromatic N) is 5. The summed E-state index contributed by atoms with van der Waals surface area (Å²) in [6.45, 7) is 2.36.